The molecule has 0 unspecified atom stereocenters. The van der Waals surface area contributed by atoms with Gasteiger partial charge in [-0.3, -0.25) is 13.9 Å². The first-order valence-electron chi connectivity index (χ1n) is 14.9. The number of halogens is 1. The summed E-state index contributed by atoms with van der Waals surface area (Å²) >= 11 is 3.53. The van der Waals surface area contributed by atoms with Crippen LogP contribution in [0.5, 0.6) is 0 Å². The first kappa shape index (κ1) is 32.7. The van der Waals surface area contributed by atoms with E-state index in [1.165, 1.54) is 10.6 Å². The lowest BCUT2D eigenvalue weighted by atomic mass is 10.0. The zero-order chi connectivity index (χ0) is 31.0. The summed E-state index contributed by atoms with van der Waals surface area (Å²) in [6, 6.07) is 22.5. The Kier molecular flexibility index (Phi) is 11.4. The van der Waals surface area contributed by atoms with Gasteiger partial charge < -0.3 is 10.2 Å². The summed E-state index contributed by atoms with van der Waals surface area (Å²) in [6.45, 7) is 4.29. The summed E-state index contributed by atoms with van der Waals surface area (Å²) in [4.78, 5) is 29.6. The van der Waals surface area contributed by atoms with E-state index in [9.17, 15) is 18.0 Å². The fourth-order valence-electron chi connectivity index (χ4n) is 5.74. The van der Waals surface area contributed by atoms with Crippen molar-refractivity contribution in [3.8, 4) is 0 Å². The molecule has 4 rings (SSSR count). The maximum atomic E-state index is 14.1. The normalized spacial score (nSPS) is 14.3. The SMILES string of the molecule is Cc1cccc(N(CCCC(=O)N(Cc2cccc(Br)c2)[C@@H](Cc2ccccc2)C(=O)NC2CCCC2)S(C)(=O)=O)c1C. The molecule has 1 N–H and O–H groups in total. The second-order valence-electron chi connectivity index (χ2n) is 11.5. The van der Waals surface area contributed by atoms with Crippen LogP contribution in [0.4, 0.5) is 5.69 Å². The number of nitrogens with one attached hydrogen (secondary N) is 1. The molecule has 230 valence electrons. The molecule has 0 radical (unpaired) electrons. The molecule has 2 amide bonds. The molecule has 0 aliphatic heterocycles. The van der Waals surface area contributed by atoms with E-state index in [0.717, 1.165) is 52.4 Å². The highest BCUT2D eigenvalue weighted by Gasteiger charge is 2.32. The standard InChI is InChI=1S/C34H42BrN3O4S/c1-25-12-9-19-31(26(25)2)38(43(3,41)42)21-11-20-33(39)37(24-28-15-10-16-29(35)22-28)32(23-27-13-5-4-6-14-27)34(40)36-30-17-7-8-18-30/h4-6,9-10,12-16,19,22,30,32H,7-8,11,17-18,20-21,23-24H2,1-3H3,(H,36,40)/t32-/m0/s1. The van der Waals surface area contributed by atoms with Gasteiger partial charge in [-0.2, -0.15) is 0 Å². The quantitative estimate of drug-likeness (QED) is 0.231. The van der Waals surface area contributed by atoms with Gasteiger partial charge >= 0.3 is 0 Å². The topological polar surface area (TPSA) is 86.8 Å². The molecule has 43 heavy (non-hydrogen) atoms. The minimum atomic E-state index is -3.57. The Hall–Kier alpha value is -3.17. The molecule has 0 saturated heterocycles. The van der Waals surface area contributed by atoms with Gasteiger partial charge in [-0.05, 0) is 73.6 Å². The highest BCUT2D eigenvalue weighted by Crippen LogP contribution is 2.26. The number of benzene rings is 3. The van der Waals surface area contributed by atoms with Gasteiger partial charge in [-0.15, -0.1) is 0 Å². The van der Waals surface area contributed by atoms with E-state index in [0.29, 0.717) is 18.5 Å². The molecule has 1 fully saturated rings. The van der Waals surface area contributed by atoms with Crippen LogP contribution in [0.3, 0.4) is 0 Å². The molecule has 1 aliphatic rings. The summed E-state index contributed by atoms with van der Waals surface area (Å²) in [5, 5.41) is 3.23. The van der Waals surface area contributed by atoms with E-state index in [1.54, 1.807) is 11.0 Å². The van der Waals surface area contributed by atoms with E-state index in [2.05, 4.69) is 21.2 Å². The average molecular weight is 669 g/mol. The minimum Gasteiger partial charge on any atom is -0.352 e. The molecular weight excluding hydrogens is 626 g/mol. The minimum absolute atomic E-state index is 0.104. The third kappa shape index (κ3) is 9.16. The van der Waals surface area contributed by atoms with Crippen molar-refractivity contribution in [3.63, 3.8) is 0 Å². The van der Waals surface area contributed by atoms with Crippen LogP contribution in [0.25, 0.3) is 0 Å². The van der Waals surface area contributed by atoms with Gasteiger partial charge in [0.05, 0.1) is 11.9 Å². The van der Waals surface area contributed by atoms with Crippen molar-refractivity contribution in [2.45, 2.75) is 77.4 Å². The Labute approximate surface area is 264 Å². The second-order valence-corrected chi connectivity index (χ2v) is 14.3. The predicted octanol–water partition coefficient (Wildman–Crippen LogP) is 6.31. The van der Waals surface area contributed by atoms with Gasteiger partial charge in [0, 0.05) is 36.4 Å². The highest BCUT2D eigenvalue weighted by atomic mass is 79.9. The van der Waals surface area contributed by atoms with E-state index in [1.807, 2.05) is 80.6 Å². The molecule has 1 aliphatic carbocycles. The lowest BCUT2D eigenvalue weighted by Gasteiger charge is -2.33. The number of sulfonamides is 1. The Morgan fingerprint density at radius 3 is 2.30 bits per heavy atom. The number of nitrogens with zero attached hydrogens (tertiary/aromatic N) is 2. The van der Waals surface area contributed by atoms with Crippen LogP contribution in [-0.2, 0) is 32.6 Å². The summed E-state index contributed by atoms with van der Waals surface area (Å²) in [7, 11) is -3.57. The van der Waals surface area contributed by atoms with Gasteiger partial charge in [0.15, 0.2) is 0 Å². The number of aryl methyl sites for hydroxylation is 1. The van der Waals surface area contributed by atoms with Crippen LogP contribution in [0.1, 0.15) is 60.8 Å². The third-order valence-electron chi connectivity index (χ3n) is 8.21. The molecule has 0 heterocycles. The van der Waals surface area contributed by atoms with E-state index < -0.39 is 16.1 Å². The van der Waals surface area contributed by atoms with Crippen molar-refractivity contribution in [1.29, 1.82) is 0 Å². The number of hydrogen-bond donors (Lipinski definition) is 1. The third-order valence-corrected chi connectivity index (χ3v) is 9.88. The Morgan fingerprint density at radius 2 is 1.63 bits per heavy atom. The van der Waals surface area contributed by atoms with Crippen LogP contribution < -0.4 is 9.62 Å². The Morgan fingerprint density at radius 1 is 0.953 bits per heavy atom. The summed E-state index contributed by atoms with van der Waals surface area (Å²) < 4.78 is 27.9. The van der Waals surface area contributed by atoms with E-state index in [-0.39, 0.29) is 37.4 Å². The zero-order valence-corrected chi connectivity index (χ0v) is 27.7. The smallest absolute Gasteiger partial charge is 0.243 e. The van der Waals surface area contributed by atoms with Gasteiger partial charge in [0.25, 0.3) is 0 Å². The molecule has 1 atom stereocenters. The first-order valence-corrected chi connectivity index (χ1v) is 17.6. The number of amides is 2. The second kappa shape index (κ2) is 15.0. The lowest BCUT2D eigenvalue weighted by Crippen LogP contribution is -2.52. The van der Waals surface area contributed by atoms with Crippen molar-refractivity contribution < 1.29 is 18.0 Å². The Bertz CT molecular complexity index is 1510. The molecule has 3 aromatic carbocycles. The average Bonchev–Trinajstić information content (AvgIpc) is 3.47. The number of rotatable bonds is 13. The van der Waals surface area contributed by atoms with Crippen LogP contribution in [0.2, 0.25) is 0 Å². The maximum Gasteiger partial charge on any atom is 0.243 e. The van der Waals surface area contributed by atoms with Gasteiger partial charge in [0.1, 0.15) is 6.04 Å². The molecule has 3 aromatic rings. The highest BCUT2D eigenvalue weighted by molar-refractivity contribution is 9.10. The van der Waals surface area contributed by atoms with Gasteiger partial charge in [0.2, 0.25) is 21.8 Å². The van der Waals surface area contributed by atoms with Crippen molar-refractivity contribution >= 4 is 43.5 Å². The van der Waals surface area contributed by atoms with Crippen molar-refractivity contribution in [3.05, 3.63) is 99.5 Å². The molecule has 0 spiro atoms. The zero-order valence-electron chi connectivity index (χ0n) is 25.3. The van der Waals surface area contributed by atoms with Crippen LogP contribution in [0, 0.1) is 13.8 Å². The van der Waals surface area contributed by atoms with Crippen molar-refractivity contribution in [2.24, 2.45) is 0 Å². The summed E-state index contributed by atoms with van der Waals surface area (Å²) in [6.07, 6.45) is 6.07. The van der Waals surface area contributed by atoms with Crippen LogP contribution in [-0.4, -0.2) is 50.0 Å². The predicted molar refractivity (Wildman–Crippen MR) is 176 cm³/mol. The fourth-order valence-corrected chi connectivity index (χ4v) is 7.20. The lowest BCUT2D eigenvalue weighted by molar-refractivity contribution is -0.141. The summed E-state index contributed by atoms with van der Waals surface area (Å²) in [5.41, 5.74) is 4.39. The molecular formula is C34H42BrN3O4S. The number of hydrogen-bond acceptors (Lipinski definition) is 4. The molecule has 1 saturated carbocycles. The number of anilines is 1. The fraction of sp³-hybridized carbons (Fsp3) is 0.412. The van der Waals surface area contributed by atoms with E-state index >= 15 is 0 Å². The molecule has 7 nitrogen and oxygen atoms in total. The largest absolute Gasteiger partial charge is 0.352 e. The van der Waals surface area contributed by atoms with Crippen LogP contribution >= 0.6 is 15.9 Å². The van der Waals surface area contributed by atoms with Gasteiger partial charge in [-0.1, -0.05) is 83.4 Å². The molecule has 0 bridgehead atoms. The molecule has 0 aromatic heterocycles. The monoisotopic (exact) mass is 667 g/mol. The molecule has 9 heteroatoms. The van der Waals surface area contributed by atoms with Crippen molar-refractivity contribution in [2.75, 3.05) is 17.1 Å². The van der Waals surface area contributed by atoms with Crippen LogP contribution in [0.15, 0.2) is 77.3 Å². The van der Waals surface area contributed by atoms with E-state index in [4.69, 9.17) is 0 Å². The maximum absolute atomic E-state index is 14.1. The first-order chi connectivity index (χ1) is 20.5. The number of carbonyl (C=O) groups excluding carboxylic acids is 2. The summed E-state index contributed by atoms with van der Waals surface area (Å²) in [5.74, 6) is -0.329. The number of carbonyl (C=O) groups is 2. The van der Waals surface area contributed by atoms with Crippen molar-refractivity contribution in [1.82, 2.24) is 10.2 Å². The Balaban J connectivity index is 1.60. The van der Waals surface area contributed by atoms with Gasteiger partial charge in [-0.25, -0.2) is 8.42 Å².